The number of aliphatic carboxylic acids is 1. The summed E-state index contributed by atoms with van der Waals surface area (Å²) in [5.74, 6) is -0.842. The lowest BCUT2D eigenvalue weighted by Gasteiger charge is -2.10. The molecule has 9 heteroatoms. The zero-order valence-electron chi connectivity index (χ0n) is 14.5. The van der Waals surface area contributed by atoms with Gasteiger partial charge in [-0.25, -0.2) is 9.79 Å². The number of thioether (sulfide) groups is 1. The van der Waals surface area contributed by atoms with Gasteiger partial charge in [0, 0.05) is 4.47 Å². The predicted molar refractivity (Wildman–Crippen MR) is 114 cm³/mol. The summed E-state index contributed by atoms with van der Waals surface area (Å²) in [5.41, 5.74) is 1.41. The summed E-state index contributed by atoms with van der Waals surface area (Å²) in [6, 6.07) is 12.1. The van der Waals surface area contributed by atoms with Gasteiger partial charge in [0.1, 0.15) is 5.75 Å². The summed E-state index contributed by atoms with van der Waals surface area (Å²) in [6.07, 6.45) is 0.785. The van der Waals surface area contributed by atoms with Crippen LogP contribution in [0.1, 0.15) is 12.5 Å². The minimum Gasteiger partial charge on any atom is -0.479 e. The Bertz CT molecular complexity index is 992. The van der Waals surface area contributed by atoms with Crippen LogP contribution >= 0.6 is 39.3 Å². The number of ether oxygens (including phenoxy) is 1. The van der Waals surface area contributed by atoms with Gasteiger partial charge in [0.05, 0.1) is 15.6 Å². The SMILES string of the molecule is CC(Oc1ccc(C=C2SC(=Nc3ccc(Br)c(Cl)c3)NC2=O)cc1)C(=O)O. The second-order valence-electron chi connectivity index (χ2n) is 5.75. The molecule has 0 saturated carbocycles. The molecule has 0 aliphatic carbocycles. The molecule has 1 heterocycles. The molecule has 2 aromatic rings. The lowest BCUT2D eigenvalue weighted by Crippen LogP contribution is -2.22. The Kier molecular flexibility index (Phi) is 6.43. The highest BCUT2D eigenvalue weighted by atomic mass is 79.9. The van der Waals surface area contributed by atoms with Crippen molar-refractivity contribution in [2.24, 2.45) is 4.99 Å². The van der Waals surface area contributed by atoms with Gasteiger partial charge in [-0.2, -0.15) is 0 Å². The molecule has 0 spiro atoms. The summed E-state index contributed by atoms with van der Waals surface area (Å²) in [4.78, 5) is 27.9. The highest BCUT2D eigenvalue weighted by Crippen LogP contribution is 2.31. The summed E-state index contributed by atoms with van der Waals surface area (Å²) in [6.45, 7) is 1.46. The van der Waals surface area contributed by atoms with E-state index < -0.39 is 12.1 Å². The summed E-state index contributed by atoms with van der Waals surface area (Å²) >= 11 is 10.6. The maximum Gasteiger partial charge on any atom is 0.344 e. The first-order valence-corrected chi connectivity index (χ1v) is 10.0. The molecule has 0 bridgehead atoms. The van der Waals surface area contributed by atoms with E-state index in [9.17, 15) is 9.59 Å². The summed E-state index contributed by atoms with van der Waals surface area (Å²) < 4.78 is 6.06. The Labute approximate surface area is 178 Å². The molecule has 144 valence electrons. The fourth-order valence-corrected chi connectivity index (χ4v) is 3.46. The number of hydrogen-bond donors (Lipinski definition) is 2. The third kappa shape index (κ3) is 5.15. The van der Waals surface area contributed by atoms with E-state index in [-0.39, 0.29) is 5.91 Å². The topological polar surface area (TPSA) is 88.0 Å². The highest BCUT2D eigenvalue weighted by molar-refractivity contribution is 9.10. The van der Waals surface area contributed by atoms with Gasteiger partial charge in [0.15, 0.2) is 11.3 Å². The average Bonchev–Trinajstić information content (AvgIpc) is 2.98. The summed E-state index contributed by atoms with van der Waals surface area (Å²) in [7, 11) is 0. The molecule has 1 amide bonds. The molecule has 28 heavy (non-hydrogen) atoms. The van der Waals surface area contributed by atoms with E-state index in [1.54, 1.807) is 48.5 Å². The second kappa shape index (κ2) is 8.81. The average molecular weight is 482 g/mol. The van der Waals surface area contributed by atoms with E-state index in [0.717, 1.165) is 10.0 Å². The van der Waals surface area contributed by atoms with Crippen LogP contribution in [0.4, 0.5) is 5.69 Å². The van der Waals surface area contributed by atoms with Crippen molar-refractivity contribution < 1.29 is 19.4 Å². The van der Waals surface area contributed by atoms with Crippen molar-refractivity contribution in [3.05, 3.63) is 62.4 Å². The first kappa shape index (κ1) is 20.4. The van der Waals surface area contributed by atoms with Gasteiger partial charge in [0.2, 0.25) is 0 Å². The molecule has 1 aliphatic rings. The quantitative estimate of drug-likeness (QED) is 0.596. The Hall–Kier alpha value is -2.29. The lowest BCUT2D eigenvalue weighted by atomic mass is 10.2. The van der Waals surface area contributed by atoms with E-state index >= 15 is 0 Å². The van der Waals surface area contributed by atoms with Crippen molar-refractivity contribution in [2.45, 2.75) is 13.0 Å². The molecule has 0 radical (unpaired) electrons. The van der Waals surface area contributed by atoms with Gasteiger partial charge in [-0.3, -0.25) is 4.79 Å². The highest BCUT2D eigenvalue weighted by Gasteiger charge is 2.24. The standard InChI is InChI=1S/C19H14BrClN2O4S/c1-10(18(25)26)27-13-5-2-11(3-6-13)8-16-17(24)23-19(28-16)22-12-4-7-14(20)15(21)9-12/h2-10H,1H3,(H,25,26)(H,22,23,24). The van der Waals surface area contributed by atoms with Crippen LogP contribution in [0.5, 0.6) is 5.75 Å². The third-order valence-electron chi connectivity index (χ3n) is 3.62. The number of hydrogen-bond acceptors (Lipinski definition) is 5. The van der Waals surface area contributed by atoms with Gasteiger partial charge in [0.25, 0.3) is 5.91 Å². The normalized spacial score (nSPS) is 17.6. The largest absolute Gasteiger partial charge is 0.479 e. The Balaban J connectivity index is 1.72. The van der Waals surface area contributed by atoms with Crippen LogP contribution in [0.25, 0.3) is 6.08 Å². The number of carboxylic acid groups (broad SMARTS) is 1. The number of carbonyl (C=O) groups excluding carboxylic acids is 1. The smallest absolute Gasteiger partial charge is 0.344 e. The molecule has 1 fully saturated rings. The maximum atomic E-state index is 12.2. The molecule has 2 N–H and O–H groups in total. The van der Waals surface area contributed by atoms with E-state index in [0.29, 0.717) is 26.5 Å². The molecule has 1 atom stereocenters. The molecule has 1 aliphatic heterocycles. The minimum atomic E-state index is -1.04. The number of nitrogens with zero attached hydrogens (tertiary/aromatic N) is 1. The van der Waals surface area contributed by atoms with Crippen LogP contribution in [-0.2, 0) is 9.59 Å². The molecular weight excluding hydrogens is 468 g/mol. The summed E-state index contributed by atoms with van der Waals surface area (Å²) in [5, 5.41) is 12.6. The first-order valence-electron chi connectivity index (χ1n) is 8.06. The zero-order chi connectivity index (χ0) is 20.3. The third-order valence-corrected chi connectivity index (χ3v) is 5.77. The number of aliphatic imine (C=N–C) groups is 1. The molecule has 3 rings (SSSR count). The maximum absolute atomic E-state index is 12.2. The van der Waals surface area contributed by atoms with Gasteiger partial charge < -0.3 is 15.2 Å². The van der Waals surface area contributed by atoms with Gasteiger partial charge in [-0.05, 0) is 76.6 Å². The van der Waals surface area contributed by atoms with E-state index in [2.05, 4.69) is 26.2 Å². The van der Waals surface area contributed by atoms with E-state index in [1.165, 1.54) is 18.7 Å². The van der Waals surface area contributed by atoms with Crippen LogP contribution in [0.15, 0.2) is 56.8 Å². The van der Waals surface area contributed by atoms with E-state index in [1.807, 2.05) is 0 Å². The van der Waals surface area contributed by atoms with Crippen molar-refractivity contribution in [1.29, 1.82) is 0 Å². The van der Waals surface area contributed by atoms with E-state index in [4.69, 9.17) is 21.4 Å². The number of carbonyl (C=O) groups is 2. The van der Waals surface area contributed by atoms with Crippen molar-refractivity contribution in [2.75, 3.05) is 0 Å². The van der Waals surface area contributed by atoms with Gasteiger partial charge in [-0.1, -0.05) is 23.7 Å². The number of carboxylic acids is 1. The number of amidine groups is 1. The van der Waals surface area contributed by atoms with Crippen LogP contribution in [-0.4, -0.2) is 28.3 Å². The van der Waals surface area contributed by atoms with Crippen molar-refractivity contribution in [1.82, 2.24) is 5.32 Å². The predicted octanol–water partition coefficient (Wildman–Crippen LogP) is 4.85. The Morgan fingerprint density at radius 1 is 1.32 bits per heavy atom. The number of amides is 1. The zero-order valence-corrected chi connectivity index (χ0v) is 17.6. The van der Waals surface area contributed by atoms with Crippen LogP contribution < -0.4 is 10.1 Å². The lowest BCUT2D eigenvalue weighted by molar-refractivity contribution is -0.144. The van der Waals surface area contributed by atoms with Gasteiger partial charge >= 0.3 is 5.97 Å². The number of rotatable bonds is 5. The van der Waals surface area contributed by atoms with Crippen LogP contribution in [0.3, 0.4) is 0 Å². The first-order chi connectivity index (χ1) is 13.3. The number of halogens is 2. The molecular formula is C19H14BrClN2O4S. The fourth-order valence-electron chi connectivity index (χ4n) is 2.20. The van der Waals surface area contributed by atoms with Gasteiger partial charge in [-0.15, -0.1) is 0 Å². The van der Waals surface area contributed by atoms with Crippen LogP contribution in [0.2, 0.25) is 5.02 Å². The second-order valence-corrected chi connectivity index (χ2v) is 8.04. The molecule has 0 aromatic heterocycles. The minimum absolute atomic E-state index is 0.244. The van der Waals surface area contributed by atoms with Crippen molar-refractivity contribution in [3.8, 4) is 5.75 Å². The number of benzene rings is 2. The fraction of sp³-hybridized carbons (Fsp3) is 0.105. The molecule has 2 aromatic carbocycles. The van der Waals surface area contributed by atoms with Crippen molar-refractivity contribution >= 4 is 68.1 Å². The van der Waals surface area contributed by atoms with Crippen molar-refractivity contribution in [3.63, 3.8) is 0 Å². The Morgan fingerprint density at radius 3 is 2.68 bits per heavy atom. The monoisotopic (exact) mass is 480 g/mol. The molecule has 1 saturated heterocycles. The Morgan fingerprint density at radius 2 is 2.04 bits per heavy atom. The van der Waals surface area contributed by atoms with Crippen LogP contribution in [0, 0.1) is 0 Å². The molecule has 6 nitrogen and oxygen atoms in total. The molecule has 1 unspecified atom stereocenters. The number of nitrogens with one attached hydrogen (secondary N) is 1.